The van der Waals surface area contributed by atoms with Gasteiger partial charge in [0.1, 0.15) is 6.61 Å². The average Bonchev–Trinajstić information content (AvgIpc) is 2.74. The number of halogens is 1. The third-order valence-corrected chi connectivity index (χ3v) is 5.31. The Morgan fingerprint density at radius 2 is 1.94 bits per heavy atom. The third-order valence-electron chi connectivity index (χ3n) is 4.57. The molecule has 0 radical (unpaired) electrons. The van der Waals surface area contributed by atoms with Gasteiger partial charge in [-0.3, -0.25) is 4.79 Å². The van der Waals surface area contributed by atoms with Crippen LogP contribution in [-0.2, 0) is 4.79 Å². The Hall–Kier alpha value is -2.62. The van der Waals surface area contributed by atoms with Gasteiger partial charge in [-0.1, -0.05) is 22.0 Å². The zero-order valence-electron chi connectivity index (χ0n) is 17.2. The maximum atomic E-state index is 13.2. The van der Waals surface area contributed by atoms with E-state index in [2.05, 4.69) is 31.9 Å². The number of rotatable bonds is 8. The van der Waals surface area contributed by atoms with Crippen LogP contribution in [0, 0.1) is 0 Å². The molecule has 0 bridgehead atoms. The molecule has 2 aromatic rings. The van der Waals surface area contributed by atoms with E-state index in [4.69, 9.17) is 26.8 Å². The van der Waals surface area contributed by atoms with Gasteiger partial charge in [0.05, 0.1) is 24.8 Å². The molecule has 31 heavy (non-hydrogen) atoms. The molecule has 164 valence electrons. The van der Waals surface area contributed by atoms with Crippen LogP contribution in [0.15, 0.2) is 58.2 Å². The number of hydrogen-bond acceptors (Lipinski definition) is 5. The van der Waals surface area contributed by atoms with Crippen molar-refractivity contribution in [2.45, 2.75) is 19.9 Å². The highest BCUT2D eigenvalue weighted by atomic mass is 79.9. The van der Waals surface area contributed by atoms with E-state index in [1.165, 1.54) is 0 Å². The van der Waals surface area contributed by atoms with Crippen LogP contribution in [0.25, 0.3) is 0 Å². The first-order valence-electron chi connectivity index (χ1n) is 9.78. The van der Waals surface area contributed by atoms with Gasteiger partial charge >= 0.3 is 0 Å². The quantitative estimate of drug-likeness (QED) is 0.407. The summed E-state index contributed by atoms with van der Waals surface area (Å²) in [6.07, 6.45) is 0. The smallest absolute Gasteiger partial charge is 0.255 e. The van der Waals surface area contributed by atoms with Crippen molar-refractivity contribution < 1.29 is 19.4 Å². The second kappa shape index (κ2) is 10.6. The number of aliphatic hydroxyl groups excluding tert-OH is 1. The molecule has 1 amide bonds. The molecule has 1 atom stereocenters. The molecule has 3 rings (SSSR count). The molecule has 1 aliphatic heterocycles. The SMILES string of the molecule is CCOc1cc(C2NC(=S)NC(C)=C2C(=O)Nc2ccc(Br)cc2)ccc1OCCO. The van der Waals surface area contributed by atoms with Gasteiger partial charge in [0, 0.05) is 15.9 Å². The van der Waals surface area contributed by atoms with Crippen molar-refractivity contribution in [2.24, 2.45) is 0 Å². The molecule has 0 saturated carbocycles. The van der Waals surface area contributed by atoms with Gasteiger partial charge < -0.3 is 30.5 Å². The number of aliphatic hydroxyl groups is 1. The molecule has 9 heteroatoms. The first-order valence-corrected chi connectivity index (χ1v) is 11.0. The number of thiocarbonyl (C=S) groups is 1. The van der Waals surface area contributed by atoms with Gasteiger partial charge in [-0.15, -0.1) is 0 Å². The van der Waals surface area contributed by atoms with E-state index in [0.29, 0.717) is 40.2 Å². The maximum Gasteiger partial charge on any atom is 0.255 e. The van der Waals surface area contributed by atoms with Crippen LogP contribution < -0.4 is 25.4 Å². The van der Waals surface area contributed by atoms with Crippen molar-refractivity contribution in [3.8, 4) is 11.5 Å². The van der Waals surface area contributed by atoms with Gasteiger partial charge in [-0.25, -0.2) is 0 Å². The number of nitrogens with one attached hydrogen (secondary N) is 3. The van der Waals surface area contributed by atoms with Crippen molar-refractivity contribution in [1.82, 2.24) is 10.6 Å². The summed E-state index contributed by atoms with van der Waals surface area (Å²) in [5, 5.41) is 18.6. The number of benzene rings is 2. The van der Waals surface area contributed by atoms with E-state index >= 15 is 0 Å². The molecule has 0 spiro atoms. The Balaban J connectivity index is 1.94. The van der Waals surface area contributed by atoms with Crippen LogP contribution in [0.1, 0.15) is 25.5 Å². The summed E-state index contributed by atoms with van der Waals surface area (Å²) < 4.78 is 12.2. The second-order valence-corrected chi connectivity index (χ2v) is 8.07. The topological polar surface area (TPSA) is 91.9 Å². The van der Waals surface area contributed by atoms with Gasteiger partial charge in [0.15, 0.2) is 16.6 Å². The fraction of sp³-hybridized carbons (Fsp3) is 0.273. The molecule has 0 saturated heterocycles. The van der Waals surface area contributed by atoms with Crippen molar-refractivity contribution in [3.05, 3.63) is 63.8 Å². The summed E-state index contributed by atoms with van der Waals surface area (Å²) in [7, 11) is 0. The Morgan fingerprint density at radius 1 is 1.19 bits per heavy atom. The van der Waals surface area contributed by atoms with Crippen molar-refractivity contribution in [1.29, 1.82) is 0 Å². The van der Waals surface area contributed by atoms with E-state index in [1.807, 2.05) is 50.2 Å². The van der Waals surface area contributed by atoms with E-state index in [-0.39, 0.29) is 19.1 Å². The van der Waals surface area contributed by atoms with Crippen LogP contribution in [0.5, 0.6) is 11.5 Å². The minimum Gasteiger partial charge on any atom is -0.490 e. The molecule has 7 nitrogen and oxygen atoms in total. The average molecular weight is 506 g/mol. The first-order chi connectivity index (χ1) is 14.9. The Kier molecular flexibility index (Phi) is 7.89. The minimum atomic E-state index is -0.477. The molecular weight excluding hydrogens is 482 g/mol. The second-order valence-electron chi connectivity index (χ2n) is 6.74. The molecule has 1 heterocycles. The van der Waals surface area contributed by atoms with Crippen molar-refractivity contribution in [2.75, 3.05) is 25.1 Å². The Bertz CT molecular complexity index is 995. The predicted molar refractivity (Wildman–Crippen MR) is 127 cm³/mol. The van der Waals surface area contributed by atoms with Gasteiger partial charge in [0.25, 0.3) is 5.91 Å². The Morgan fingerprint density at radius 3 is 2.61 bits per heavy atom. The van der Waals surface area contributed by atoms with Crippen LogP contribution in [-0.4, -0.2) is 35.9 Å². The zero-order valence-corrected chi connectivity index (χ0v) is 19.6. The fourth-order valence-corrected chi connectivity index (χ4v) is 3.76. The highest BCUT2D eigenvalue weighted by molar-refractivity contribution is 9.10. The molecule has 0 aliphatic carbocycles. The summed E-state index contributed by atoms with van der Waals surface area (Å²) in [5.74, 6) is 0.814. The highest BCUT2D eigenvalue weighted by Gasteiger charge is 2.30. The monoisotopic (exact) mass is 505 g/mol. The normalized spacial score (nSPS) is 15.7. The molecule has 2 aromatic carbocycles. The van der Waals surface area contributed by atoms with Gasteiger partial charge in [-0.2, -0.15) is 0 Å². The summed E-state index contributed by atoms with van der Waals surface area (Å²) in [5.41, 5.74) is 2.66. The summed E-state index contributed by atoms with van der Waals surface area (Å²) >= 11 is 8.73. The Labute approximate surface area is 195 Å². The van der Waals surface area contributed by atoms with Gasteiger partial charge in [0.2, 0.25) is 0 Å². The lowest BCUT2D eigenvalue weighted by molar-refractivity contribution is -0.113. The third kappa shape index (κ3) is 5.75. The molecule has 0 fully saturated rings. The van der Waals surface area contributed by atoms with Crippen molar-refractivity contribution in [3.63, 3.8) is 0 Å². The van der Waals surface area contributed by atoms with Crippen LogP contribution in [0.4, 0.5) is 5.69 Å². The van der Waals surface area contributed by atoms with E-state index in [1.54, 1.807) is 6.07 Å². The summed E-state index contributed by atoms with van der Waals surface area (Å²) in [6, 6.07) is 12.3. The number of anilines is 1. The van der Waals surface area contributed by atoms with Crippen LogP contribution >= 0.6 is 28.1 Å². The largest absolute Gasteiger partial charge is 0.490 e. The fourth-order valence-electron chi connectivity index (χ4n) is 3.22. The number of carbonyl (C=O) groups is 1. The highest BCUT2D eigenvalue weighted by Crippen LogP contribution is 2.35. The zero-order chi connectivity index (χ0) is 22.4. The summed E-state index contributed by atoms with van der Waals surface area (Å²) in [4.78, 5) is 13.2. The molecule has 0 aromatic heterocycles. The standard InChI is InChI=1S/C22H24BrN3O4S/c1-3-29-18-12-14(4-9-17(18)30-11-10-27)20-19(13(2)24-22(31)26-20)21(28)25-16-7-5-15(23)6-8-16/h4-9,12,20,27H,3,10-11H2,1-2H3,(H,25,28)(H2,24,26,31). The maximum absolute atomic E-state index is 13.2. The first kappa shape index (κ1) is 23.1. The number of hydrogen-bond donors (Lipinski definition) is 4. The lowest BCUT2D eigenvalue weighted by atomic mass is 9.94. The van der Waals surface area contributed by atoms with Gasteiger partial charge in [-0.05, 0) is 68.0 Å². The molecular formula is C22H24BrN3O4S. The molecule has 1 unspecified atom stereocenters. The number of carbonyl (C=O) groups excluding carboxylic acids is 1. The predicted octanol–water partition coefficient (Wildman–Crippen LogP) is 3.65. The van der Waals surface area contributed by atoms with Crippen molar-refractivity contribution >= 4 is 44.9 Å². The number of allylic oxidation sites excluding steroid dienone is 1. The molecule has 1 aliphatic rings. The van der Waals surface area contributed by atoms with E-state index in [9.17, 15) is 4.79 Å². The number of ether oxygens (including phenoxy) is 2. The van der Waals surface area contributed by atoms with Crippen LogP contribution in [0.3, 0.4) is 0 Å². The van der Waals surface area contributed by atoms with Crippen LogP contribution in [0.2, 0.25) is 0 Å². The van der Waals surface area contributed by atoms with E-state index < -0.39 is 6.04 Å². The minimum absolute atomic E-state index is 0.0975. The number of amides is 1. The van der Waals surface area contributed by atoms with E-state index in [0.717, 1.165) is 10.0 Å². The summed E-state index contributed by atoms with van der Waals surface area (Å²) in [6.45, 7) is 4.21. The lowest BCUT2D eigenvalue weighted by Crippen LogP contribution is -2.45. The molecule has 4 N–H and O–H groups in total. The lowest BCUT2D eigenvalue weighted by Gasteiger charge is -2.30.